The number of ether oxygens (including phenoxy) is 1. The number of para-hydroxylation sites is 1. The zero-order valence-corrected chi connectivity index (χ0v) is 18.5. The zero-order chi connectivity index (χ0) is 22.0. The molecule has 158 valence electrons. The Morgan fingerprint density at radius 2 is 1.84 bits per heavy atom. The van der Waals surface area contributed by atoms with Crippen LogP contribution in [0.3, 0.4) is 0 Å². The number of hydrogen-bond acceptors (Lipinski definition) is 4. The molecule has 31 heavy (non-hydrogen) atoms. The molecule has 0 radical (unpaired) electrons. The van der Waals surface area contributed by atoms with Gasteiger partial charge in [-0.05, 0) is 66.5 Å². The van der Waals surface area contributed by atoms with Gasteiger partial charge in [0.15, 0.2) is 5.11 Å². The Morgan fingerprint density at radius 3 is 2.55 bits per heavy atom. The third-order valence-electron chi connectivity index (χ3n) is 5.13. The lowest BCUT2D eigenvalue weighted by atomic mass is 10.0. The Morgan fingerprint density at radius 1 is 1.10 bits per heavy atom. The van der Waals surface area contributed by atoms with Crippen molar-refractivity contribution in [3.05, 3.63) is 89.0 Å². The Kier molecular flexibility index (Phi) is 5.91. The summed E-state index contributed by atoms with van der Waals surface area (Å²) in [5.74, 6) is 2.28. The highest BCUT2D eigenvalue weighted by Crippen LogP contribution is 2.26. The molecule has 3 aromatic rings. The smallest absolute Gasteiger partial charge is 0.281 e. The fraction of sp³-hybridized carbons (Fsp3) is 0.200. The van der Waals surface area contributed by atoms with Gasteiger partial charge in [-0.3, -0.25) is 9.69 Å². The van der Waals surface area contributed by atoms with Crippen molar-refractivity contribution >= 4 is 35.0 Å². The average molecular weight is 433 g/mol. The molecule has 1 N–H and O–H groups in total. The lowest BCUT2D eigenvalue weighted by Crippen LogP contribution is -2.30. The van der Waals surface area contributed by atoms with Crippen molar-refractivity contribution in [2.24, 2.45) is 0 Å². The van der Waals surface area contributed by atoms with Gasteiger partial charge in [0.2, 0.25) is 0 Å². The normalized spacial score (nSPS) is 15.1. The summed E-state index contributed by atoms with van der Waals surface area (Å²) in [7, 11) is 0. The molecule has 1 aliphatic heterocycles. The quantitative estimate of drug-likeness (QED) is 0.409. The van der Waals surface area contributed by atoms with E-state index >= 15 is 0 Å². The number of carbonyl (C=O) groups is 1. The third-order valence-corrected chi connectivity index (χ3v) is 5.42. The van der Waals surface area contributed by atoms with Crippen molar-refractivity contribution in [1.82, 2.24) is 5.32 Å². The number of amides is 1. The molecule has 1 saturated heterocycles. The maximum Gasteiger partial charge on any atom is 0.281 e. The van der Waals surface area contributed by atoms with Crippen LogP contribution >= 0.6 is 12.2 Å². The molecule has 0 bridgehead atoms. The Bertz CT molecular complexity index is 1150. The molecule has 0 saturated carbocycles. The summed E-state index contributed by atoms with van der Waals surface area (Å²) in [6.45, 7) is 6.57. The highest BCUT2D eigenvalue weighted by atomic mass is 32.1. The summed E-state index contributed by atoms with van der Waals surface area (Å²) in [6, 6.07) is 19.3. The predicted molar refractivity (Wildman–Crippen MR) is 126 cm³/mol. The van der Waals surface area contributed by atoms with Gasteiger partial charge in [0.25, 0.3) is 5.91 Å². The minimum Gasteiger partial charge on any atom is -0.486 e. The SMILES string of the molecule is Cc1ccccc1N1C(=O)/C(=C\c2ccc(COc3ccc(C(C)C)cc3)o2)NC1=S. The standard InChI is InChI=1S/C25H24N2O3S/c1-16(2)18-8-10-19(11-9-18)29-15-21-13-12-20(30-21)14-22-24(28)27(25(31)26-22)23-7-5-4-6-17(23)3/h4-14,16H,15H2,1-3H3,(H,26,31)/b22-14+. The first-order valence-electron chi connectivity index (χ1n) is 10.2. The van der Waals surface area contributed by atoms with Gasteiger partial charge in [0.05, 0.1) is 5.69 Å². The fourth-order valence-electron chi connectivity index (χ4n) is 3.36. The monoisotopic (exact) mass is 432 g/mol. The summed E-state index contributed by atoms with van der Waals surface area (Å²) >= 11 is 5.38. The molecule has 1 aliphatic rings. The molecule has 0 spiro atoms. The lowest BCUT2D eigenvalue weighted by Gasteiger charge is -2.16. The van der Waals surface area contributed by atoms with Crippen molar-refractivity contribution in [2.45, 2.75) is 33.3 Å². The van der Waals surface area contributed by atoms with Crippen LogP contribution in [0, 0.1) is 6.92 Å². The predicted octanol–water partition coefficient (Wildman–Crippen LogP) is 5.55. The van der Waals surface area contributed by atoms with Crippen LogP contribution in [0.2, 0.25) is 0 Å². The molecule has 1 aromatic heterocycles. The molecule has 5 nitrogen and oxygen atoms in total. The number of carbonyl (C=O) groups excluding carboxylic acids is 1. The number of hydrogen-bond donors (Lipinski definition) is 1. The number of anilines is 1. The molecule has 1 amide bonds. The largest absolute Gasteiger partial charge is 0.486 e. The van der Waals surface area contributed by atoms with Crippen LogP contribution in [0.4, 0.5) is 5.69 Å². The van der Waals surface area contributed by atoms with Crippen LogP contribution in [0.5, 0.6) is 5.75 Å². The summed E-state index contributed by atoms with van der Waals surface area (Å²) in [5, 5.41) is 3.34. The number of thiocarbonyl (C=S) groups is 1. The number of furan rings is 1. The van der Waals surface area contributed by atoms with Crippen LogP contribution in [0.25, 0.3) is 6.08 Å². The van der Waals surface area contributed by atoms with E-state index < -0.39 is 0 Å². The van der Waals surface area contributed by atoms with Crippen LogP contribution < -0.4 is 15.0 Å². The topological polar surface area (TPSA) is 54.7 Å². The second-order valence-electron chi connectivity index (χ2n) is 7.73. The molecule has 0 aliphatic carbocycles. The van der Waals surface area contributed by atoms with Crippen LogP contribution in [-0.4, -0.2) is 11.0 Å². The van der Waals surface area contributed by atoms with E-state index in [0.29, 0.717) is 34.9 Å². The second kappa shape index (κ2) is 8.78. The average Bonchev–Trinajstić information content (AvgIpc) is 3.31. The van der Waals surface area contributed by atoms with Crippen molar-refractivity contribution < 1.29 is 13.9 Å². The minimum absolute atomic E-state index is 0.209. The Labute approximate surface area is 187 Å². The maximum atomic E-state index is 12.9. The van der Waals surface area contributed by atoms with E-state index in [0.717, 1.165) is 17.0 Å². The fourth-order valence-corrected chi connectivity index (χ4v) is 3.65. The van der Waals surface area contributed by atoms with Gasteiger partial charge in [-0.1, -0.05) is 44.2 Å². The Balaban J connectivity index is 1.44. The molecule has 4 rings (SSSR count). The van der Waals surface area contributed by atoms with Gasteiger partial charge < -0.3 is 14.5 Å². The summed E-state index contributed by atoms with van der Waals surface area (Å²) in [5.41, 5.74) is 3.38. The number of benzene rings is 2. The number of rotatable bonds is 6. The van der Waals surface area contributed by atoms with E-state index in [9.17, 15) is 4.79 Å². The molecular formula is C25H24N2O3S. The number of aryl methyl sites for hydroxylation is 1. The highest BCUT2D eigenvalue weighted by molar-refractivity contribution is 7.80. The minimum atomic E-state index is -0.209. The zero-order valence-electron chi connectivity index (χ0n) is 17.7. The van der Waals surface area contributed by atoms with Crippen molar-refractivity contribution in [3.8, 4) is 5.75 Å². The molecule has 0 atom stereocenters. The molecule has 0 unspecified atom stereocenters. The molecule has 2 heterocycles. The van der Waals surface area contributed by atoms with Crippen LogP contribution in [0.1, 0.15) is 42.4 Å². The first-order valence-corrected chi connectivity index (χ1v) is 10.6. The summed E-state index contributed by atoms with van der Waals surface area (Å²) in [6.07, 6.45) is 1.66. The number of nitrogens with one attached hydrogen (secondary N) is 1. The van der Waals surface area contributed by atoms with E-state index in [1.807, 2.05) is 55.5 Å². The van der Waals surface area contributed by atoms with Gasteiger partial charge in [0, 0.05) is 6.08 Å². The second-order valence-corrected chi connectivity index (χ2v) is 8.12. The first-order chi connectivity index (χ1) is 14.9. The van der Waals surface area contributed by atoms with E-state index in [-0.39, 0.29) is 5.91 Å². The third kappa shape index (κ3) is 4.54. The van der Waals surface area contributed by atoms with Crippen molar-refractivity contribution in [2.75, 3.05) is 4.90 Å². The molecular weight excluding hydrogens is 408 g/mol. The maximum absolute atomic E-state index is 12.9. The van der Waals surface area contributed by atoms with E-state index in [1.165, 1.54) is 10.5 Å². The first kappa shape index (κ1) is 20.9. The van der Waals surface area contributed by atoms with E-state index in [4.69, 9.17) is 21.4 Å². The summed E-state index contributed by atoms with van der Waals surface area (Å²) < 4.78 is 11.6. The molecule has 1 fully saturated rings. The Hall–Kier alpha value is -3.38. The van der Waals surface area contributed by atoms with E-state index in [1.54, 1.807) is 6.08 Å². The lowest BCUT2D eigenvalue weighted by molar-refractivity contribution is -0.113. The van der Waals surface area contributed by atoms with Crippen LogP contribution in [0.15, 0.2) is 70.8 Å². The summed E-state index contributed by atoms with van der Waals surface area (Å²) in [4.78, 5) is 14.4. The van der Waals surface area contributed by atoms with Crippen LogP contribution in [-0.2, 0) is 11.4 Å². The number of nitrogens with zero attached hydrogens (tertiary/aromatic N) is 1. The molecule has 2 aromatic carbocycles. The van der Waals surface area contributed by atoms with Gasteiger partial charge in [-0.25, -0.2) is 0 Å². The van der Waals surface area contributed by atoms with Crippen molar-refractivity contribution in [3.63, 3.8) is 0 Å². The van der Waals surface area contributed by atoms with Gasteiger partial charge in [-0.2, -0.15) is 0 Å². The van der Waals surface area contributed by atoms with Gasteiger partial charge in [-0.15, -0.1) is 0 Å². The highest BCUT2D eigenvalue weighted by Gasteiger charge is 2.32. The van der Waals surface area contributed by atoms with Gasteiger partial charge >= 0.3 is 0 Å². The van der Waals surface area contributed by atoms with Crippen molar-refractivity contribution in [1.29, 1.82) is 0 Å². The van der Waals surface area contributed by atoms with Gasteiger partial charge in [0.1, 0.15) is 29.6 Å². The van der Waals surface area contributed by atoms with E-state index in [2.05, 4.69) is 31.3 Å². The molecule has 6 heteroatoms.